The Morgan fingerprint density at radius 1 is 0.391 bits per heavy atom. The van der Waals surface area contributed by atoms with E-state index in [0.717, 1.165) is 0 Å². The summed E-state index contributed by atoms with van der Waals surface area (Å²) in [6.45, 7) is 0. The minimum absolute atomic E-state index is 0. The van der Waals surface area contributed by atoms with Gasteiger partial charge in [-0.1, -0.05) is 0 Å². The molecular formula is C6H13FeKO15. The molecule has 136 valence electrons. The number of rotatable bonds is 0. The van der Waals surface area contributed by atoms with E-state index in [0.29, 0.717) is 0 Å². The fourth-order valence-corrected chi connectivity index (χ4v) is 0. The van der Waals surface area contributed by atoms with Gasteiger partial charge in [0.2, 0.25) is 0 Å². The van der Waals surface area contributed by atoms with E-state index in [9.17, 15) is 0 Å². The SMILES string of the molecule is O.O.O.O=C(O)C(=O)O.O=C(O)C(=O)O.O=C(O)C(=O)O.[Fe].[KH]. The van der Waals surface area contributed by atoms with Gasteiger partial charge in [-0.3, -0.25) is 0 Å². The van der Waals surface area contributed by atoms with Crippen molar-refractivity contribution >= 4 is 87.2 Å². The normalized spacial score (nSPS) is 5.74. The van der Waals surface area contributed by atoms with Gasteiger partial charge < -0.3 is 47.1 Å². The van der Waals surface area contributed by atoms with Gasteiger partial charge in [0.15, 0.2) is 0 Å². The van der Waals surface area contributed by atoms with E-state index in [1.165, 1.54) is 0 Å². The summed E-state index contributed by atoms with van der Waals surface area (Å²) in [7, 11) is 0. The van der Waals surface area contributed by atoms with Gasteiger partial charge in [0.25, 0.3) is 0 Å². The molecule has 0 aliphatic rings. The Labute approximate surface area is 178 Å². The molecule has 0 aromatic carbocycles. The quantitative estimate of drug-likeness (QED) is 0.158. The van der Waals surface area contributed by atoms with Gasteiger partial charge in [-0.25, -0.2) is 28.8 Å². The van der Waals surface area contributed by atoms with Crippen LogP contribution in [0.3, 0.4) is 0 Å². The first-order valence-corrected chi connectivity index (χ1v) is 3.32. The number of hydrogen-bond acceptors (Lipinski definition) is 6. The number of carbonyl (C=O) groups is 6. The van der Waals surface area contributed by atoms with E-state index in [1.807, 2.05) is 0 Å². The molecule has 15 nitrogen and oxygen atoms in total. The maximum atomic E-state index is 9.10. The first-order chi connectivity index (χ1) is 7.93. The summed E-state index contributed by atoms with van der Waals surface area (Å²) in [6, 6.07) is 0. The van der Waals surface area contributed by atoms with Crippen molar-refractivity contribution < 1.29 is 92.9 Å². The molecule has 0 atom stereocenters. The van der Waals surface area contributed by atoms with Crippen molar-refractivity contribution in [1.29, 1.82) is 0 Å². The van der Waals surface area contributed by atoms with Crippen LogP contribution < -0.4 is 0 Å². The van der Waals surface area contributed by atoms with E-state index >= 15 is 0 Å². The third-order valence-electron chi connectivity index (χ3n) is 0.549. The summed E-state index contributed by atoms with van der Waals surface area (Å²) in [5, 5.41) is 44.3. The molecule has 0 saturated carbocycles. The van der Waals surface area contributed by atoms with Crippen molar-refractivity contribution in [3.8, 4) is 0 Å². The van der Waals surface area contributed by atoms with Crippen LogP contribution in [-0.4, -0.2) is 134 Å². The molecule has 0 aliphatic carbocycles. The fraction of sp³-hybridized carbons (Fsp3) is 0. The molecule has 17 heteroatoms. The molecule has 0 aromatic heterocycles. The standard InChI is InChI=1S/3C2H2O4.Fe.K.3H2O.H/c3*3-1(4)2(5)6;;;;;;/h3*(H,3,4)(H,5,6);;;3*1H2;. The molecule has 0 radical (unpaired) electrons. The Bertz CT molecular complexity index is 285. The molecule has 0 bridgehead atoms. The summed E-state index contributed by atoms with van der Waals surface area (Å²) in [6.07, 6.45) is 0. The van der Waals surface area contributed by atoms with Gasteiger partial charge in [0.05, 0.1) is 0 Å². The van der Waals surface area contributed by atoms with E-state index in [2.05, 4.69) is 0 Å². The molecular weight excluding hydrogens is 407 g/mol. The van der Waals surface area contributed by atoms with Crippen LogP contribution in [-0.2, 0) is 45.8 Å². The number of carboxylic acid groups (broad SMARTS) is 6. The number of carboxylic acids is 6. The van der Waals surface area contributed by atoms with E-state index in [4.69, 9.17) is 59.4 Å². The summed E-state index contributed by atoms with van der Waals surface area (Å²) >= 11 is 0. The topological polar surface area (TPSA) is 318 Å². The first kappa shape index (κ1) is 49.5. The van der Waals surface area contributed by atoms with Crippen LogP contribution in [0.1, 0.15) is 0 Å². The predicted octanol–water partition coefficient (Wildman–Crippen LogP) is -5.66. The van der Waals surface area contributed by atoms with Crippen molar-refractivity contribution in [3.05, 3.63) is 0 Å². The molecule has 0 fully saturated rings. The molecule has 12 N–H and O–H groups in total. The fourth-order valence-electron chi connectivity index (χ4n) is 0. The molecule has 0 amide bonds. The van der Waals surface area contributed by atoms with Gasteiger partial charge in [-0.2, -0.15) is 0 Å². The van der Waals surface area contributed by atoms with Crippen molar-refractivity contribution in [2.24, 2.45) is 0 Å². The molecule has 0 spiro atoms. The Kier molecular flexibility index (Phi) is 62.3. The summed E-state index contributed by atoms with van der Waals surface area (Å²) in [4.78, 5) is 54.6. The van der Waals surface area contributed by atoms with E-state index in [-0.39, 0.29) is 84.9 Å². The maximum absolute atomic E-state index is 9.10. The second-order valence-electron chi connectivity index (χ2n) is 1.83. The van der Waals surface area contributed by atoms with Crippen LogP contribution >= 0.6 is 0 Å². The molecule has 0 aromatic rings. The summed E-state index contributed by atoms with van der Waals surface area (Å²) in [5.41, 5.74) is 0. The van der Waals surface area contributed by atoms with Crippen molar-refractivity contribution in [2.75, 3.05) is 0 Å². The van der Waals surface area contributed by atoms with Gasteiger partial charge in [-0.05, 0) is 0 Å². The number of aliphatic carboxylic acids is 6. The van der Waals surface area contributed by atoms with Crippen LogP contribution in [0.4, 0.5) is 0 Å². The predicted molar refractivity (Wildman–Crippen MR) is 63.8 cm³/mol. The molecule has 23 heavy (non-hydrogen) atoms. The molecule has 0 unspecified atom stereocenters. The van der Waals surface area contributed by atoms with E-state index in [1.54, 1.807) is 0 Å². The summed E-state index contributed by atoms with van der Waals surface area (Å²) in [5.74, 6) is -10.9. The van der Waals surface area contributed by atoms with Crippen LogP contribution in [0.2, 0.25) is 0 Å². The zero-order valence-electron chi connectivity index (χ0n) is 9.99. The van der Waals surface area contributed by atoms with Crippen LogP contribution in [0.25, 0.3) is 0 Å². The zero-order chi connectivity index (χ0) is 15.5. The monoisotopic (exact) mass is 420 g/mol. The van der Waals surface area contributed by atoms with Crippen molar-refractivity contribution in [1.82, 2.24) is 0 Å². The minimum atomic E-state index is -1.82. The second-order valence-corrected chi connectivity index (χ2v) is 1.83. The van der Waals surface area contributed by atoms with Crippen molar-refractivity contribution in [2.45, 2.75) is 0 Å². The van der Waals surface area contributed by atoms with Crippen LogP contribution in [0, 0.1) is 0 Å². The molecule has 0 aliphatic heterocycles. The number of hydrogen-bond donors (Lipinski definition) is 6. The third kappa shape index (κ3) is 62.9. The van der Waals surface area contributed by atoms with Crippen molar-refractivity contribution in [3.63, 3.8) is 0 Å². The molecule has 0 rings (SSSR count). The third-order valence-corrected chi connectivity index (χ3v) is 0.549. The second kappa shape index (κ2) is 28.9. The Hall–Kier alpha value is -1.14. The summed E-state index contributed by atoms with van der Waals surface area (Å²) < 4.78 is 0. The Morgan fingerprint density at radius 2 is 0.435 bits per heavy atom. The van der Waals surface area contributed by atoms with Gasteiger partial charge >= 0.3 is 87.2 Å². The first-order valence-electron chi connectivity index (χ1n) is 3.32. The van der Waals surface area contributed by atoms with E-state index < -0.39 is 35.8 Å². The average molecular weight is 420 g/mol. The van der Waals surface area contributed by atoms with Crippen LogP contribution in [0.5, 0.6) is 0 Å². The Morgan fingerprint density at radius 3 is 0.435 bits per heavy atom. The van der Waals surface area contributed by atoms with Gasteiger partial charge in [0.1, 0.15) is 0 Å². The average Bonchev–Trinajstić information content (AvgIpc) is 2.18. The zero-order valence-corrected chi connectivity index (χ0v) is 11.1. The Balaban J connectivity index is -0.0000000221. The molecule has 0 saturated heterocycles. The van der Waals surface area contributed by atoms with Gasteiger partial charge in [0, 0.05) is 17.1 Å². The van der Waals surface area contributed by atoms with Gasteiger partial charge in [-0.15, -0.1) is 0 Å². The van der Waals surface area contributed by atoms with Crippen LogP contribution in [0.15, 0.2) is 0 Å². The molecule has 0 heterocycles.